The Labute approximate surface area is 122 Å². The number of benzene rings is 2. The van der Waals surface area contributed by atoms with Gasteiger partial charge in [0.25, 0.3) is 5.91 Å². The molecule has 0 saturated carbocycles. The number of anilines is 1. The second-order valence-electron chi connectivity index (χ2n) is 4.53. The Morgan fingerprint density at radius 2 is 1.62 bits per heavy atom. The van der Waals surface area contributed by atoms with Crippen LogP contribution >= 0.6 is 0 Å². The van der Waals surface area contributed by atoms with Crippen LogP contribution in [0.4, 0.5) is 5.69 Å². The minimum atomic E-state index is -1.12. The maximum Gasteiger partial charge on any atom is 0.336 e. The van der Waals surface area contributed by atoms with Crippen LogP contribution in [0.2, 0.25) is 0 Å². The highest BCUT2D eigenvalue weighted by Crippen LogP contribution is 2.14. The van der Waals surface area contributed by atoms with Gasteiger partial charge in [0, 0.05) is 12.2 Å². The average molecular weight is 284 g/mol. The van der Waals surface area contributed by atoms with E-state index in [0.29, 0.717) is 5.69 Å². The molecule has 5 heteroatoms. The quantitative estimate of drug-likeness (QED) is 0.787. The molecule has 2 rings (SSSR count). The maximum atomic E-state index is 12.2. The summed E-state index contributed by atoms with van der Waals surface area (Å²) in [4.78, 5) is 23.3. The second-order valence-corrected chi connectivity index (χ2v) is 4.53. The number of aromatic carboxylic acids is 1. The first-order valence-electron chi connectivity index (χ1n) is 6.49. The molecule has 0 radical (unpaired) electrons. The molecule has 1 amide bonds. The predicted octanol–water partition coefficient (Wildman–Crippen LogP) is 2.36. The van der Waals surface area contributed by atoms with Crippen molar-refractivity contribution in [1.82, 2.24) is 5.32 Å². The molecule has 0 spiro atoms. The molecule has 5 nitrogen and oxygen atoms in total. The van der Waals surface area contributed by atoms with Gasteiger partial charge in [-0.05, 0) is 36.9 Å². The number of carboxylic acid groups (broad SMARTS) is 1. The van der Waals surface area contributed by atoms with E-state index in [1.54, 1.807) is 24.3 Å². The molecule has 0 fully saturated rings. The zero-order valence-corrected chi connectivity index (χ0v) is 11.6. The predicted molar refractivity (Wildman–Crippen MR) is 80.6 cm³/mol. The van der Waals surface area contributed by atoms with Gasteiger partial charge < -0.3 is 15.7 Å². The molecule has 0 unspecified atom stereocenters. The molecule has 0 aliphatic carbocycles. The van der Waals surface area contributed by atoms with Crippen molar-refractivity contribution in [2.24, 2.45) is 0 Å². The van der Waals surface area contributed by atoms with Crippen molar-refractivity contribution in [3.05, 3.63) is 65.2 Å². The summed E-state index contributed by atoms with van der Waals surface area (Å²) in [6.07, 6.45) is 0. The molecule has 3 N–H and O–H groups in total. The van der Waals surface area contributed by atoms with Crippen LogP contribution in [-0.4, -0.2) is 24.0 Å². The number of carboxylic acids is 1. The molecule has 0 aliphatic heterocycles. The minimum Gasteiger partial charge on any atom is -0.478 e. The molecular weight excluding hydrogens is 268 g/mol. The summed E-state index contributed by atoms with van der Waals surface area (Å²) < 4.78 is 0. The fourth-order valence-corrected chi connectivity index (χ4v) is 1.98. The number of rotatable bonds is 5. The van der Waals surface area contributed by atoms with Crippen LogP contribution in [-0.2, 0) is 6.54 Å². The SMILES string of the molecule is CNCc1ccc(NC(=O)c2ccccc2C(=O)O)cc1. The fourth-order valence-electron chi connectivity index (χ4n) is 1.98. The van der Waals surface area contributed by atoms with E-state index in [4.69, 9.17) is 5.11 Å². The third-order valence-electron chi connectivity index (χ3n) is 2.99. The Morgan fingerprint density at radius 3 is 2.19 bits per heavy atom. The van der Waals surface area contributed by atoms with Crippen LogP contribution < -0.4 is 10.6 Å². The molecule has 0 atom stereocenters. The lowest BCUT2D eigenvalue weighted by Gasteiger charge is -2.08. The van der Waals surface area contributed by atoms with Crippen LogP contribution in [0.15, 0.2) is 48.5 Å². The van der Waals surface area contributed by atoms with E-state index in [2.05, 4.69) is 10.6 Å². The van der Waals surface area contributed by atoms with Gasteiger partial charge >= 0.3 is 5.97 Å². The molecule has 0 aromatic heterocycles. The molecule has 0 bridgehead atoms. The lowest BCUT2D eigenvalue weighted by molar-refractivity contribution is 0.0692. The summed E-state index contributed by atoms with van der Waals surface area (Å²) in [7, 11) is 1.86. The molecule has 2 aromatic carbocycles. The van der Waals surface area contributed by atoms with Crippen LogP contribution in [0.5, 0.6) is 0 Å². The summed E-state index contributed by atoms with van der Waals surface area (Å²) in [5.74, 6) is -1.56. The number of hydrogen-bond acceptors (Lipinski definition) is 3. The summed E-state index contributed by atoms with van der Waals surface area (Å²) in [6, 6.07) is 13.5. The van der Waals surface area contributed by atoms with E-state index in [1.807, 2.05) is 19.2 Å². The molecular formula is C16H16N2O3. The monoisotopic (exact) mass is 284 g/mol. The topological polar surface area (TPSA) is 78.4 Å². The van der Waals surface area contributed by atoms with Gasteiger partial charge in [-0.15, -0.1) is 0 Å². The van der Waals surface area contributed by atoms with E-state index in [-0.39, 0.29) is 11.1 Å². The fraction of sp³-hybridized carbons (Fsp3) is 0.125. The summed E-state index contributed by atoms with van der Waals surface area (Å²) in [5.41, 5.74) is 1.85. The molecule has 2 aromatic rings. The van der Waals surface area contributed by atoms with Gasteiger partial charge in [-0.2, -0.15) is 0 Å². The van der Waals surface area contributed by atoms with Crippen molar-refractivity contribution in [3.63, 3.8) is 0 Å². The van der Waals surface area contributed by atoms with Gasteiger partial charge in [0.05, 0.1) is 11.1 Å². The van der Waals surface area contributed by atoms with Gasteiger partial charge in [-0.1, -0.05) is 24.3 Å². The Kier molecular flexibility index (Phi) is 4.68. The maximum absolute atomic E-state index is 12.2. The molecule has 0 aliphatic rings. The average Bonchev–Trinajstić information content (AvgIpc) is 2.49. The highest BCUT2D eigenvalue weighted by Gasteiger charge is 2.15. The van der Waals surface area contributed by atoms with Gasteiger partial charge in [0.15, 0.2) is 0 Å². The van der Waals surface area contributed by atoms with Crippen molar-refractivity contribution in [2.45, 2.75) is 6.54 Å². The van der Waals surface area contributed by atoms with Crippen molar-refractivity contribution in [1.29, 1.82) is 0 Å². The largest absolute Gasteiger partial charge is 0.478 e. The van der Waals surface area contributed by atoms with Crippen LogP contribution in [0, 0.1) is 0 Å². The van der Waals surface area contributed by atoms with Crippen molar-refractivity contribution in [3.8, 4) is 0 Å². The summed E-state index contributed by atoms with van der Waals surface area (Å²) in [6.45, 7) is 0.746. The zero-order chi connectivity index (χ0) is 15.2. The standard InChI is InChI=1S/C16H16N2O3/c1-17-10-11-6-8-12(9-7-11)18-15(19)13-4-2-3-5-14(13)16(20)21/h2-9,17H,10H2,1H3,(H,18,19)(H,20,21). The van der Waals surface area contributed by atoms with E-state index in [9.17, 15) is 9.59 Å². The first-order chi connectivity index (χ1) is 10.1. The number of nitrogens with one attached hydrogen (secondary N) is 2. The zero-order valence-electron chi connectivity index (χ0n) is 11.6. The first-order valence-corrected chi connectivity index (χ1v) is 6.49. The molecule has 21 heavy (non-hydrogen) atoms. The van der Waals surface area contributed by atoms with Crippen molar-refractivity contribution < 1.29 is 14.7 Å². The van der Waals surface area contributed by atoms with Crippen molar-refractivity contribution in [2.75, 3.05) is 12.4 Å². The Bertz CT molecular complexity index is 651. The minimum absolute atomic E-state index is 0.0122. The van der Waals surface area contributed by atoms with E-state index in [0.717, 1.165) is 12.1 Å². The van der Waals surface area contributed by atoms with Crippen LogP contribution in [0.25, 0.3) is 0 Å². The number of carbonyl (C=O) groups is 2. The number of carbonyl (C=O) groups excluding carboxylic acids is 1. The van der Waals surface area contributed by atoms with E-state index >= 15 is 0 Å². The first kappa shape index (κ1) is 14.7. The Hall–Kier alpha value is -2.66. The number of hydrogen-bond donors (Lipinski definition) is 3. The highest BCUT2D eigenvalue weighted by molar-refractivity contribution is 6.10. The Morgan fingerprint density at radius 1 is 1.00 bits per heavy atom. The summed E-state index contributed by atoms with van der Waals surface area (Å²) in [5, 5.41) is 14.8. The van der Waals surface area contributed by atoms with Crippen molar-refractivity contribution >= 4 is 17.6 Å². The lowest BCUT2D eigenvalue weighted by Crippen LogP contribution is -2.16. The Balaban J connectivity index is 2.16. The smallest absolute Gasteiger partial charge is 0.336 e. The highest BCUT2D eigenvalue weighted by atomic mass is 16.4. The van der Waals surface area contributed by atoms with Crippen LogP contribution in [0.3, 0.4) is 0 Å². The van der Waals surface area contributed by atoms with Gasteiger partial charge in [0.2, 0.25) is 0 Å². The van der Waals surface area contributed by atoms with E-state index in [1.165, 1.54) is 12.1 Å². The van der Waals surface area contributed by atoms with E-state index < -0.39 is 11.9 Å². The molecule has 0 heterocycles. The molecule has 0 saturated heterocycles. The van der Waals surface area contributed by atoms with Gasteiger partial charge in [-0.3, -0.25) is 4.79 Å². The molecule has 108 valence electrons. The lowest BCUT2D eigenvalue weighted by atomic mass is 10.1. The normalized spacial score (nSPS) is 10.1. The van der Waals surface area contributed by atoms with Gasteiger partial charge in [0.1, 0.15) is 0 Å². The summed E-state index contributed by atoms with van der Waals surface area (Å²) >= 11 is 0. The third-order valence-corrected chi connectivity index (χ3v) is 2.99. The second kappa shape index (κ2) is 6.67. The third kappa shape index (κ3) is 3.67. The van der Waals surface area contributed by atoms with Crippen LogP contribution in [0.1, 0.15) is 26.3 Å². The number of amides is 1. The van der Waals surface area contributed by atoms with Gasteiger partial charge in [-0.25, -0.2) is 4.79 Å².